The van der Waals surface area contributed by atoms with Crippen LogP contribution in [0.25, 0.3) is 6.08 Å². The summed E-state index contributed by atoms with van der Waals surface area (Å²) in [4.78, 5) is 12.2. The minimum atomic E-state index is -4.19. The van der Waals surface area contributed by atoms with Gasteiger partial charge in [0.25, 0.3) is 0 Å². The molecule has 8 heteroatoms. The molecular weight excluding hydrogens is 402 g/mol. The molecule has 0 unspecified atom stereocenters. The second-order valence-electron chi connectivity index (χ2n) is 6.14. The normalized spacial score (nSPS) is 14.6. The van der Waals surface area contributed by atoms with Gasteiger partial charge in [-0.2, -0.15) is 8.42 Å². The molecule has 1 aliphatic heterocycles. The Kier molecular flexibility index (Phi) is 4.63. The maximum atomic E-state index is 13.3. The molecule has 146 valence electrons. The number of ketones is 1. The van der Waals surface area contributed by atoms with Crippen molar-refractivity contribution in [3.05, 3.63) is 95.3 Å². The number of ether oxygens (including phenoxy) is 1. The number of hydrogen-bond acceptors (Lipinski definition) is 5. The first-order valence-corrected chi connectivity index (χ1v) is 9.76. The highest BCUT2D eigenvalue weighted by Crippen LogP contribution is 2.35. The summed E-state index contributed by atoms with van der Waals surface area (Å²) in [7, 11) is -4.19. The summed E-state index contributed by atoms with van der Waals surface area (Å²) >= 11 is 0. The fourth-order valence-corrected chi connectivity index (χ4v) is 3.67. The van der Waals surface area contributed by atoms with Crippen LogP contribution in [0.3, 0.4) is 0 Å². The maximum Gasteiger partial charge on any atom is 0.339 e. The number of benzene rings is 3. The Balaban J connectivity index is 1.60. The molecular formula is C21H12F2O5S. The van der Waals surface area contributed by atoms with Gasteiger partial charge in [0.1, 0.15) is 28.0 Å². The Labute approximate surface area is 164 Å². The quantitative estimate of drug-likeness (QED) is 0.469. The van der Waals surface area contributed by atoms with Crippen molar-refractivity contribution in [1.82, 2.24) is 0 Å². The van der Waals surface area contributed by atoms with Crippen LogP contribution in [0.4, 0.5) is 8.78 Å². The molecule has 1 aliphatic rings. The largest absolute Gasteiger partial charge is 0.452 e. The van der Waals surface area contributed by atoms with Crippen LogP contribution >= 0.6 is 0 Å². The molecule has 0 saturated heterocycles. The lowest BCUT2D eigenvalue weighted by molar-refractivity contribution is 0.101. The minimum Gasteiger partial charge on any atom is -0.452 e. The zero-order valence-corrected chi connectivity index (χ0v) is 15.5. The van der Waals surface area contributed by atoms with Crippen molar-refractivity contribution in [2.75, 3.05) is 0 Å². The molecule has 0 saturated carbocycles. The molecule has 0 N–H and O–H groups in total. The smallest absolute Gasteiger partial charge is 0.339 e. The lowest BCUT2D eigenvalue weighted by Crippen LogP contribution is -2.09. The number of allylic oxidation sites excluding steroid dienone is 1. The summed E-state index contributed by atoms with van der Waals surface area (Å²) in [6, 6.07) is 13.8. The van der Waals surface area contributed by atoms with Gasteiger partial charge in [-0.25, -0.2) is 8.78 Å². The first-order chi connectivity index (χ1) is 13.8. The van der Waals surface area contributed by atoms with Crippen molar-refractivity contribution in [1.29, 1.82) is 0 Å². The van der Waals surface area contributed by atoms with Gasteiger partial charge in [0.05, 0.1) is 5.56 Å². The Morgan fingerprint density at radius 2 is 1.66 bits per heavy atom. The van der Waals surface area contributed by atoms with Crippen LogP contribution in [-0.4, -0.2) is 14.2 Å². The van der Waals surface area contributed by atoms with E-state index in [1.54, 1.807) is 6.07 Å². The molecule has 4 rings (SSSR count). The minimum absolute atomic E-state index is 0.0239. The van der Waals surface area contributed by atoms with Gasteiger partial charge >= 0.3 is 10.1 Å². The Bertz CT molecular complexity index is 1250. The van der Waals surface area contributed by atoms with Gasteiger partial charge in [-0.3, -0.25) is 4.79 Å². The van der Waals surface area contributed by atoms with Gasteiger partial charge in [0, 0.05) is 6.07 Å². The van der Waals surface area contributed by atoms with Gasteiger partial charge in [0.15, 0.2) is 5.76 Å². The fraction of sp³-hybridized carbons (Fsp3) is 0. The number of carbonyl (C=O) groups is 1. The predicted molar refractivity (Wildman–Crippen MR) is 100.0 cm³/mol. The van der Waals surface area contributed by atoms with E-state index in [0.717, 1.165) is 24.3 Å². The van der Waals surface area contributed by atoms with Crippen LogP contribution in [0, 0.1) is 11.6 Å². The van der Waals surface area contributed by atoms with E-state index in [2.05, 4.69) is 0 Å². The lowest BCUT2D eigenvalue weighted by atomic mass is 10.1. The lowest BCUT2D eigenvalue weighted by Gasteiger charge is -2.07. The van der Waals surface area contributed by atoms with Crippen molar-refractivity contribution >= 4 is 22.0 Å². The van der Waals surface area contributed by atoms with Gasteiger partial charge < -0.3 is 8.92 Å². The SMILES string of the molecule is O=C1C(=Cc2cccc(F)c2)Oc2cc(OS(=O)(=O)c3ccc(F)cc3)ccc21. The molecule has 1 heterocycles. The summed E-state index contributed by atoms with van der Waals surface area (Å²) < 4.78 is 61.5. The molecule has 0 fully saturated rings. The van der Waals surface area contributed by atoms with Crippen molar-refractivity contribution in [3.8, 4) is 11.5 Å². The van der Waals surface area contributed by atoms with E-state index in [0.29, 0.717) is 5.56 Å². The molecule has 3 aromatic carbocycles. The first kappa shape index (κ1) is 18.8. The van der Waals surface area contributed by atoms with Gasteiger partial charge in [-0.1, -0.05) is 12.1 Å². The highest BCUT2D eigenvalue weighted by molar-refractivity contribution is 7.87. The van der Waals surface area contributed by atoms with Crippen molar-refractivity contribution in [2.24, 2.45) is 0 Å². The third-order valence-electron chi connectivity index (χ3n) is 4.10. The van der Waals surface area contributed by atoms with Crippen molar-refractivity contribution < 1.29 is 30.9 Å². The van der Waals surface area contributed by atoms with E-state index < -0.39 is 27.5 Å². The number of rotatable bonds is 4. The number of hydrogen-bond donors (Lipinski definition) is 0. The summed E-state index contributed by atoms with van der Waals surface area (Å²) in [6.07, 6.45) is 1.39. The molecule has 0 bridgehead atoms. The number of fused-ring (bicyclic) bond motifs is 1. The molecule has 0 spiro atoms. The monoisotopic (exact) mass is 414 g/mol. The number of Topliss-reactive ketones (excluding diaryl/α,β-unsaturated/α-hetero) is 1. The van der Waals surface area contributed by atoms with Crippen LogP contribution in [0.15, 0.2) is 77.4 Å². The Morgan fingerprint density at radius 3 is 2.38 bits per heavy atom. The van der Waals surface area contributed by atoms with E-state index in [1.165, 1.54) is 42.5 Å². The number of halogens is 2. The van der Waals surface area contributed by atoms with Crippen molar-refractivity contribution in [2.45, 2.75) is 4.90 Å². The van der Waals surface area contributed by atoms with E-state index in [4.69, 9.17) is 8.92 Å². The third kappa shape index (κ3) is 3.88. The highest BCUT2D eigenvalue weighted by atomic mass is 32.2. The molecule has 0 atom stereocenters. The van der Waals surface area contributed by atoms with Crippen LogP contribution in [0.1, 0.15) is 15.9 Å². The van der Waals surface area contributed by atoms with Crippen LogP contribution in [0.2, 0.25) is 0 Å². The van der Waals surface area contributed by atoms with Gasteiger partial charge in [-0.05, 0) is 60.2 Å². The van der Waals surface area contributed by atoms with E-state index in [1.807, 2.05) is 0 Å². The summed E-state index contributed by atoms with van der Waals surface area (Å²) in [5.74, 6) is -1.44. The summed E-state index contributed by atoms with van der Waals surface area (Å²) in [5, 5.41) is 0. The molecule has 0 radical (unpaired) electrons. The standard InChI is InChI=1S/C21H12F2O5S/c22-14-4-7-17(8-5-14)29(25,26)28-16-6-9-18-19(12-16)27-20(21(18)24)11-13-2-1-3-15(23)10-13/h1-12H. The zero-order chi connectivity index (χ0) is 20.6. The third-order valence-corrected chi connectivity index (χ3v) is 5.36. The van der Waals surface area contributed by atoms with Gasteiger partial charge in [-0.15, -0.1) is 0 Å². The van der Waals surface area contributed by atoms with E-state index >= 15 is 0 Å². The van der Waals surface area contributed by atoms with E-state index in [9.17, 15) is 22.0 Å². The van der Waals surface area contributed by atoms with Gasteiger partial charge in [0.2, 0.25) is 5.78 Å². The Hall–Kier alpha value is -3.52. The topological polar surface area (TPSA) is 69.7 Å². The molecule has 3 aromatic rings. The molecule has 5 nitrogen and oxygen atoms in total. The molecule has 29 heavy (non-hydrogen) atoms. The van der Waals surface area contributed by atoms with E-state index in [-0.39, 0.29) is 27.7 Å². The number of carbonyl (C=O) groups excluding carboxylic acids is 1. The van der Waals surface area contributed by atoms with Crippen molar-refractivity contribution in [3.63, 3.8) is 0 Å². The fourth-order valence-electron chi connectivity index (χ4n) is 2.74. The zero-order valence-electron chi connectivity index (χ0n) is 14.6. The molecule has 0 amide bonds. The maximum absolute atomic E-state index is 13.3. The summed E-state index contributed by atoms with van der Waals surface area (Å²) in [5.41, 5.74) is 0.663. The first-order valence-electron chi connectivity index (χ1n) is 8.36. The Morgan fingerprint density at radius 1 is 0.897 bits per heavy atom. The summed E-state index contributed by atoms with van der Waals surface area (Å²) in [6.45, 7) is 0. The second kappa shape index (κ2) is 7.14. The highest BCUT2D eigenvalue weighted by Gasteiger charge is 2.28. The average Bonchev–Trinajstić information content (AvgIpc) is 2.97. The molecule has 0 aromatic heterocycles. The van der Waals surface area contributed by atoms with Crippen LogP contribution < -0.4 is 8.92 Å². The molecule has 0 aliphatic carbocycles. The predicted octanol–water partition coefficient (Wildman–Crippen LogP) is 4.35. The second-order valence-corrected chi connectivity index (χ2v) is 7.69. The average molecular weight is 414 g/mol. The van der Waals surface area contributed by atoms with Crippen LogP contribution in [0.5, 0.6) is 11.5 Å². The van der Waals surface area contributed by atoms with Crippen LogP contribution in [-0.2, 0) is 10.1 Å².